The molecule has 2 rings (SSSR count). The molecular weight excluding hydrogens is 345 g/mol. The van der Waals surface area contributed by atoms with E-state index in [4.69, 9.17) is 9.94 Å². The van der Waals surface area contributed by atoms with Crippen molar-refractivity contribution < 1.29 is 19.1 Å². The van der Waals surface area contributed by atoms with Gasteiger partial charge in [0.15, 0.2) is 0 Å². The molecular formula is C22H24FNO3. The predicted octanol–water partition coefficient (Wildman–Crippen LogP) is 4.74. The minimum atomic E-state index is -0.620. The van der Waals surface area contributed by atoms with E-state index in [0.717, 1.165) is 22.3 Å². The van der Waals surface area contributed by atoms with Gasteiger partial charge >= 0.3 is 0 Å². The molecule has 0 unspecified atom stereocenters. The Kier molecular flexibility index (Phi) is 7.32. The van der Waals surface area contributed by atoms with Gasteiger partial charge in [0.2, 0.25) is 0 Å². The maximum Gasteiger partial charge on any atom is 0.267 e. The molecule has 2 aromatic rings. The molecule has 0 bridgehead atoms. The molecule has 0 atom stereocenters. The Bertz CT molecular complexity index is 851. The summed E-state index contributed by atoms with van der Waals surface area (Å²) in [6, 6.07) is 9.97. The smallest absolute Gasteiger partial charge is 0.267 e. The van der Waals surface area contributed by atoms with E-state index in [0.29, 0.717) is 12.2 Å². The summed E-state index contributed by atoms with van der Waals surface area (Å²) in [5.74, 6) is -0.248. The van der Waals surface area contributed by atoms with Crippen molar-refractivity contribution in [2.75, 3.05) is 0 Å². The zero-order chi connectivity index (χ0) is 19.8. The van der Waals surface area contributed by atoms with Crippen LogP contribution < -0.4 is 10.2 Å². The summed E-state index contributed by atoms with van der Waals surface area (Å²) in [5, 5.41) is 8.68. The molecule has 27 heavy (non-hydrogen) atoms. The molecule has 0 aliphatic heterocycles. The van der Waals surface area contributed by atoms with Crippen molar-refractivity contribution in [3.05, 3.63) is 82.2 Å². The summed E-state index contributed by atoms with van der Waals surface area (Å²) in [5.41, 5.74) is 6.43. The van der Waals surface area contributed by atoms with Crippen molar-refractivity contribution in [3.63, 3.8) is 0 Å². The first-order valence-electron chi connectivity index (χ1n) is 8.66. The first kappa shape index (κ1) is 20.4. The fraction of sp³-hybridized carbons (Fsp3) is 0.227. The number of aryl methyl sites for hydroxylation is 1. The number of hydrogen-bond acceptors (Lipinski definition) is 3. The lowest BCUT2D eigenvalue weighted by atomic mass is 9.99. The lowest BCUT2D eigenvalue weighted by Crippen LogP contribution is -2.14. The quantitative estimate of drug-likeness (QED) is 0.321. The minimum Gasteiger partial charge on any atom is -0.488 e. The standard InChI is InChI=1S/C22H24FNO3/c1-15(2)4-12-20-16(3)5-8-18(9-13-21(25)24-26)22(20)27-14-17-6-10-19(23)11-7-17/h4-11,13,26H,12,14H2,1-3H3,(H,24,25)/b13-9-. The molecule has 0 aliphatic carbocycles. The highest BCUT2D eigenvalue weighted by atomic mass is 19.1. The molecule has 0 saturated carbocycles. The summed E-state index contributed by atoms with van der Waals surface area (Å²) in [6.07, 6.45) is 5.64. The highest BCUT2D eigenvalue weighted by Crippen LogP contribution is 2.30. The van der Waals surface area contributed by atoms with Crippen molar-refractivity contribution >= 4 is 12.0 Å². The van der Waals surface area contributed by atoms with Gasteiger partial charge in [0.1, 0.15) is 18.2 Å². The summed E-state index contributed by atoms with van der Waals surface area (Å²) in [4.78, 5) is 11.3. The number of carbonyl (C=O) groups excluding carboxylic acids is 1. The van der Waals surface area contributed by atoms with Crippen LogP contribution in [0.2, 0.25) is 0 Å². The average molecular weight is 369 g/mol. The summed E-state index contributed by atoms with van der Waals surface area (Å²) < 4.78 is 19.2. The molecule has 0 radical (unpaired) electrons. The largest absolute Gasteiger partial charge is 0.488 e. The van der Waals surface area contributed by atoms with Gasteiger partial charge < -0.3 is 4.74 Å². The van der Waals surface area contributed by atoms with E-state index in [9.17, 15) is 9.18 Å². The minimum absolute atomic E-state index is 0.276. The molecule has 0 spiro atoms. The van der Waals surface area contributed by atoms with E-state index in [1.54, 1.807) is 23.7 Å². The second kappa shape index (κ2) is 9.69. The molecule has 5 heteroatoms. The Morgan fingerprint density at radius 3 is 2.52 bits per heavy atom. The van der Waals surface area contributed by atoms with E-state index < -0.39 is 5.91 Å². The van der Waals surface area contributed by atoms with Gasteiger partial charge in [-0.3, -0.25) is 10.0 Å². The number of allylic oxidation sites excluding steroid dienone is 2. The molecule has 142 valence electrons. The van der Waals surface area contributed by atoms with Gasteiger partial charge in [-0.1, -0.05) is 35.9 Å². The van der Waals surface area contributed by atoms with Crippen LogP contribution in [0.5, 0.6) is 5.75 Å². The molecule has 0 heterocycles. The summed E-state index contributed by atoms with van der Waals surface area (Å²) in [7, 11) is 0. The van der Waals surface area contributed by atoms with Crippen LogP contribution in [0, 0.1) is 12.7 Å². The summed E-state index contributed by atoms with van der Waals surface area (Å²) in [6.45, 7) is 6.35. The van der Waals surface area contributed by atoms with Crippen LogP contribution in [-0.2, 0) is 17.8 Å². The number of carbonyl (C=O) groups is 1. The van der Waals surface area contributed by atoms with Gasteiger partial charge in [-0.15, -0.1) is 0 Å². The van der Waals surface area contributed by atoms with Gasteiger partial charge in [0, 0.05) is 17.2 Å². The zero-order valence-electron chi connectivity index (χ0n) is 15.8. The number of hydroxylamine groups is 1. The third kappa shape index (κ3) is 6.08. The molecule has 0 aromatic heterocycles. The molecule has 0 saturated heterocycles. The Hall–Kier alpha value is -2.92. The van der Waals surface area contributed by atoms with Crippen LogP contribution in [0.25, 0.3) is 6.08 Å². The van der Waals surface area contributed by atoms with E-state index in [-0.39, 0.29) is 12.4 Å². The van der Waals surface area contributed by atoms with E-state index in [1.165, 1.54) is 23.8 Å². The molecule has 4 nitrogen and oxygen atoms in total. The number of amides is 1. The van der Waals surface area contributed by atoms with Crippen LogP contribution in [0.3, 0.4) is 0 Å². The lowest BCUT2D eigenvalue weighted by Gasteiger charge is -2.16. The van der Waals surface area contributed by atoms with E-state index in [2.05, 4.69) is 6.08 Å². The molecule has 0 aliphatic rings. The number of ether oxygens (including phenoxy) is 1. The van der Waals surface area contributed by atoms with Crippen molar-refractivity contribution in [1.82, 2.24) is 5.48 Å². The first-order chi connectivity index (χ1) is 12.9. The Morgan fingerprint density at radius 1 is 1.19 bits per heavy atom. The van der Waals surface area contributed by atoms with Crippen LogP contribution in [-0.4, -0.2) is 11.1 Å². The maximum atomic E-state index is 13.1. The molecule has 1 amide bonds. The van der Waals surface area contributed by atoms with Crippen molar-refractivity contribution in [2.45, 2.75) is 33.8 Å². The average Bonchev–Trinajstić information content (AvgIpc) is 2.65. The molecule has 2 N–H and O–H groups in total. The number of rotatable bonds is 7. The van der Waals surface area contributed by atoms with Crippen LogP contribution in [0.15, 0.2) is 54.1 Å². The number of hydrogen-bond donors (Lipinski definition) is 2. The second-order valence-corrected chi connectivity index (χ2v) is 6.49. The number of benzene rings is 2. The van der Waals surface area contributed by atoms with Gasteiger partial charge in [-0.25, -0.2) is 9.87 Å². The third-order valence-corrected chi connectivity index (χ3v) is 4.06. The van der Waals surface area contributed by atoms with Crippen molar-refractivity contribution in [3.8, 4) is 5.75 Å². The van der Waals surface area contributed by atoms with E-state index >= 15 is 0 Å². The van der Waals surface area contributed by atoms with Crippen molar-refractivity contribution in [2.24, 2.45) is 0 Å². The normalized spacial score (nSPS) is 10.7. The van der Waals surface area contributed by atoms with Crippen LogP contribution in [0.1, 0.15) is 36.1 Å². The zero-order valence-corrected chi connectivity index (χ0v) is 15.8. The van der Waals surface area contributed by atoms with Gasteiger partial charge in [-0.2, -0.15) is 0 Å². The van der Waals surface area contributed by atoms with Crippen LogP contribution in [0.4, 0.5) is 4.39 Å². The highest BCUT2D eigenvalue weighted by molar-refractivity contribution is 5.91. The van der Waals surface area contributed by atoms with E-state index in [1.807, 2.05) is 32.9 Å². The Morgan fingerprint density at radius 2 is 1.89 bits per heavy atom. The van der Waals surface area contributed by atoms with Crippen molar-refractivity contribution in [1.29, 1.82) is 0 Å². The summed E-state index contributed by atoms with van der Waals surface area (Å²) >= 11 is 0. The topological polar surface area (TPSA) is 58.6 Å². The number of halogens is 1. The molecule has 0 fully saturated rings. The fourth-order valence-corrected chi connectivity index (χ4v) is 2.54. The highest BCUT2D eigenvalue weighted by Gasteiger charge is 2.12. The fourth-order valence-electron chi connectivity index (χ4n) is 2.54. The number of nitrogens with one attached hydrogen (secondary N) is 1. The second-order valence-electron chi connectivity index (χ2n) is 6.49. The SMILES string of the molecule is CC(C)=CCc1c(C)ccc(/C=C\C(=O)NO)c1OCc1ccc(F)cc1. The monoisotopic (exact) mass is 369 g/mol. The Labute approximate surface area is 158 Å². The predicted molar refractivity (Wildman–Crippen MR) is 104 cm³/mol. The van der Waals surface area contributed by atoms with Gasteiger partial charge in [-0.05, 0) is 56.5 Å². The van der Waals surface area contributed by atoms with Crippen LogP contribution >= 0.6 is 0 Å². The maximum absolute atomic E-state index is 13.1. The van der Waals surface area contributed by atoms with Gasteiger partial charge in [0.05, 0.1) is 0 Å². The first-order valence-corrected chi connectivity index (χ1v) is 8.66. The Balaban J connectivity index is 2.39. The molecule has 2 aromatic carbocycles. The lowest BCUT2D eigenvalue weighted by molar-refractivity contribution is -0.124. The third-order valence-electron chi connectivity index (χ3n) is 4.06. The van der Waals surface area contributed by atoms with Gasteiger partial charge in [0.25, 0.3) is 5.91 Å².